The third-order valence-electron chi connectivity index (χ3n) is 9.39. The number of benzene rings is 1. The Kier molecular flexibility index (Phi) is 9.88. The molecule has 234 valence electrons. The van der Waals surface area contributed by atoms with Crippen LogP contribution in [0.15, 0.2) is 47.5 Å². The van der Waals surface area contributed by atoms with Crippen molar-refractivity contribution in [3.8, 4) is 0 Å². The predicted octanol–water partition coefficient (Wildman–Crippen LogP) is 5.20. The van der Waals surface area contributed by atoms with Gasteiger partial charge in [0.25, 0.3) is 0 Å². The van der Waals surface area contributed by atoms with Gasteiger partial charge in [0, 0.05) is 66.9 Å². The molecule has 0 spiro atoms. The lowest BCUT2D eigenvalue weighted by Gasteiger charge is -2.44. The summed E-state index contributed by atoms with van der Waals surface area (Å²) in [4.78, 5) is 40.8. The molecule has 11 heteroatoms. The van der Waals surface area contributed by atoms with Crippen LogP contribution in [0.4, 0.5) is 4.79 Å². The van der Waals surface area contributed by atoms with Gasteiger partial charge in [-0.05, 0) is 89.3 Å². The maximum absolute atomic E-state index is 13.9. The van der Waals surface area contributed by atoms with Crippen LogP contribution in [0.2, 0.25) is 5.02 Å². The van der Waals surface area contributed by atoms with Gasteiger partial charge in [-0.3, -0.25) is 14.7 Å². The van der Waals surface area contributed by atoms with E-state index in [0.29, 0.717) is 26.2 Å². The Labute approximate surface area is 272 Å². The predicted molar refractivity (Wildman–Crippen MR) is 175 cm³/mol. The van der Waals surface area contributed by atoms with Crippen molar-refractivity contribution >= 4 is 39.5 Å². The number of pyridine rings is 1. The molecule has 3 amide bonds. The van der Waals surface area contributed by atoms with Crippen LogP contribution in [0.5, 0.6) is 0 Å². The van der Waals surface area contributed by atoms with E-state index >= 15 is 0 Å². The topological polar surface area (TPSA) is 95.4 Å². The number of amides is 3. The fraction of sp³-hybridized carbons (Fsp3) is 0.515. The maximum Gasteiger partial charge on any atom is 0.318 e. The molecule has 2 aliphatic carbocycles. The summed E-state index contributed by atoms with van der Waals surface area (Å²) in [5.41, 5.74) is 5.68. The van der Waals surface area contributed by atoms with Crippen molar-refractivity contribution in [1.82, 2.24) is 35.0 Å². The van der Waals surface area contributed by atoms with E-state index in [1.807, 2.05) is 30.1 Å². The summed E-state index contributed by atoms with van der Waals surface area (Å²) in [6.45, 7) is 2.03. The minimum atomic E-state index is -0.623. The zero-order valence-corrected chi connectivity index (χ0v) is 27.6. The number of hydrogen-bond acceptors (Lipinski definition) is 5. The highest BCUT2D eigenvalue weighted by Crippen LogP contribution is 2.38. The minimum absolute atomic E-state index is 0.118. The zero-order valence-electron chi connectivity index (χ0n) is 25.3. The molecule has 0 bridgehead atoms. The molecular formula is C33H41BrClN7O2. The van der Waals surface area contributed by atoms with E-state index in [1.165, 1.54) is 23.1 Å². The lowest BCUT2D eigenvalue weighted by Crippen LogP contribution is -2.63. The zero-order chi connectivity index (χ0) is 30.6. The molecule has 2 fully saturated rings. The fourth-order valence-electron chi connectivity index (χ4n) is 7.02. The standard InChI is InChI=1S/C33H41BrClN7O2/c1-40-21-36-19-27(40)8-5-13-37-32(43)29-20-41(14-15-42(29)33(44)39-26-6-3-2-4-7-26)31-28-12-11-25(35)17-22(28)9-10-23-16-24(34)18-38-30(23)31/h11-12,16-19,21,26,29,31H,2-10,13-15,20H2,1H3,(H,37,43)(H,39,44)/t29-,31+/m1/s1. The van der Waals surface area contributed by atoms with Crippen molar-refractivity contribution in [1.29, 1.82) is 0 Å². The number of aromatic nitrogens is 3. The van der Waals surface area contributed by atoms with Gasteiger partial charge in [0.1, 0.15) is 6.04 Å². The lowest BCUT2D eigenvalue weighted by atomic mass is 9.95. The van der Waals surface area contributed by atoms with Gasteiger partial charge >= 0.3 is 6.03 Å². The maximum atomic E-state index is 13.9. The Balaban J connectivity index is 1.25. The van der Waals surface area contributed by atoms with Gasteiger partial charge in [0.15, 0.2) is 0 Å². The normalized spacial score (nSPS) is 20.8. The molecule has 1 aromatic carbocycles. The second-order valence-corrected chi connectivity index (χ2v) is 13.7. The fourth-order valence-corrected chi connectivity index (χ4v) is 7.59. The highest BCUT2D eigenvalue weighted by atomic mass is 79.9. The number of hydrogen-bond donors (Lipinski definition) is 2. The van der Waals surface area contributed by atoms with E-state index in [-0.39, 0.29) is 24.0 Å². The van der Waals surface area contributed by atoms with Gasteiger partial charge in [0.2, 0.25) is 5.91 Å². The monoisotopic (exact) mass is 681 g/mol. The first-order valence-corrected chi connectivity index (χ1v) is 17.0. The summed E-state index contributed by atoms with van der Waals surface area (Å²) in [5, 5.41) is 7.13. The van der Waals surface area contributed by atoms with Crippen molar-refractivity contribution in [2.24, 2.45) is 7.05 Å². The molecule has 1 aliphatic heterocycles. The van der Waals surface area contributed by atoms with Gasteiger partial charge in [-0.1, -0.05) is 36.9 Å². The summed E-state index contributed by atoms with van der Waals surface area (Å²) in [6, 6.07) is 7.54. The van der Waals surface area contributed by atoms with E-state index in [9.17, 15) is 9.59 Å². The Morgan fingerprint density at radius 1 is 1.07 bits per heavy atom. The third-order valence-corrected chi connectivity index (χ3v) is 10.1. The first-order valence-electron chi connectivity index (χ1n) is 15.8. The van der Waals surface area contributed by atoms with E-state index in [2.05, 4.69) is 54.6 Å². The van der Waals surface area contributed by atoms with Crippen molar-refractivity contribution in [2.75, 3.05) is 26.2 Å². The summed E-state index contributed by atoms with van der Waals surface area (Å²) in [5.74, 6) is -0.118. The molecule has 9 nitrogen and oxygen atoms in total. The van der Waals surface area contributed by atoms with Gasteiger partial charge in [0.05, 0.1) is 18.1 Å². The molecule has 2 atom stereocenters. The summed E-state index contributed by atoms with van der Waals surface area (Å²) in [7, 11) is 1.98. The largest absolute Gasteiger partial charge is 0.354 e. The summed E-state index contributed by atoms with van der Waals surface area (Å²) >= 11 is 10.1. The van der Waals surface area contributed by atoms with E-state index in [1.54, 1.807) is 11.2 Å². The lowest BCUT2D eigenvalue weighted by molar-refractivity contribution is -0.127. The van der Waals surface area contributed by atoms with Crippen LogP contribution < -0.4 is 10.6 Å². The summed E-state index contributed by atoms with van der Waals surface area (Å²) in [6.07, 6.45) is 14.3. The molecule has 2 N–H and O–H groups in total. The molecule has 6 rings (SSSR count). The van der Waals surface area contributed by atoms with Gasteiger partial charge < -0.3 is 20.1 Å². The number of urea groups is 1. The number of aryl methyl sites for hydroxylation is 4. The Morgan fingerprint density at radius 3 is 2.68 bits per heavy atom. The van der Waals surface area contributed by atoms with Crippen LogP contribution in [0, 0.1) is 0 Å². The van der Waals surface area contributed by atoms with Crippen molar-refractivity contribution < 1.29 is 9.59 Å². The number of halogens is 2. The van der Waals surface area contributed by atoms with Crippen LogP contribution in [0.25, 0.3) is 0 Å². The van der Waals surface area contributed by atoms with Crippen LogP contribution in [-0.2, 0) is 31.1 Å². The number of nitrogens with one attached hydrogen (secondary N) is 2. The quantitative estimate of drug-likeness (QED) is 0.335. The highest BCUT2D eigenvalue weighted by molar-refractivity contribution is 9.10. The SMILES string of the molecule is Cn1cncc1CCCNC(=O)[C@H]1CN([C@H]2c3ccc(Cl)cc3CCc3cc(Br)cnc32)CCN1C(=O)NC1CCCCC1. The van der Waals surface area contributed by atoms with Crippen LogP contribution in [0.3, 0.4) is 0 Å². The van der Waals surface area contributed by atoms with Crippen molar-refractivity contribution in [2.45, 2.75) is 75.9 Å². The van der Waals surface area contributed by atoms with E-state index in [0.717, 1.165) is 72.2 Å². The van der Waals surface area contributed by atoms with Gasteiger partial charge in [-0.15, -0.1) is 0 Å². The molecule has 0 radical (unpaired) electrons. The molecule has 0 unspecified atom stereocenters. The molecule has 2 aromatic heterocycles. The number of imidazole rings is 1. The molecule has 1 saturated heterocycles. The van der Waals surface area contributed by atoms with Crippen LogP contribution in [-0.4, -0.2) is 74.5 Å². The number of rotatable bonds is 7. The molecular weight excluding hydrogens is 642 g/mol. The molecule has 3 aromatic rings. The molecule has 3 aliphatic rings. The Bertz CT molecular complexity index is 1440. The molecule has 3 heterocycles. The molecule has 44 heavy (non-hydrogen) atoms. The minimum Gasteiger partial charge on any atom is -0.354 e. The third kappa shape index (κ3) is 6.97. The van der Waals surface area contributed by atoms with Crippen LogP contribution >= 0.6 is 27.5 Å². The average molecular weight is 683 g/mol. The number of carbonyl (C=O) groups is 2. The number of nitrogens with zero attached hydrogens (tertiary/aromatic N) is 5. The average Bonchev–Trinajstić information content (AvgIpc) is 3.37. The Hall–Kier alpha value is -2.95. The van der Waals surface area contributed by atoms with E-state index in [4.69, 9.17) is 16.6 Å². The first-order chi connectivity index (χ1) is 21.4. The van der Waals surface area contributed by atoms with Crippen LogP contribution in [0.1, 0.15) is 72.6 Å². The summed E-state index contributed by atoms with van der Waals surface area (Å²) < 4.78 is 2.95. The van der Waals surface area contributed by atoms with Crippen molar-refractivity contribution in [3.63, 3.8) is 0 Å². The Morgan fingerprint density at radius 2 is 1.89 bits per heavy atom. The number of carbonyl (C=O) groups excluding carboxylic acids is 2. The van der Waals surface area contributed by atoms with Gasteiger partial charge in [-0.25, -0.2) is 9.78 Å². The number of fused-ring (bicyclic) bond motifs is 2. The second-order valence-electron chi connectivity index (χ2n) is 12.3. The second kappa shape index (κ2) is 14.0. The highest BCUT2D eigenvalue weighted by Gasteiger charge is 2.40. The molecule has 1 saturated carbocycles. The first kappa shape index (κ1) is 31.0. The van der Waals surface area contributed by atoms with Crippen molar-refractivity contribution in [3.05, 3.63) is 80.6 Å². The van der Waals surface area contributed by atoms with E-state index < -0.39 is 6.04 Å². The number of piperazine rings is 1. The smallest absolute Gasteiger partial charge is 0.318 e. The van der Waals surface area contributed by atoms with Gasteiger partial charge in [-0.2, -0.15) is 0 Å².